The average molecular weight is 450 g/mol. The van der Waals surface area contributed by atoms with Gasteiger partial charge >= 0.3 is 0 Å². The van der Waals surface area contributed by atoms with Crippen molar-refractivity contribution in [3.05, 3.63) is 39.6 Å². The van der Waals surface area contributed by atoms with Gasteiger partial charge in [-0.15, -0.1) is 0 Å². The van der Waals surface area contributed by atoms with Gasteiger partial charge in [0.1, 0.15) is 0 Å². The van der Waals surface area contributed by atoms with E-state index < -0.39 is 5.91 Å². The molecule has 0 bridgehead atoms. The molecule has 2 fully saturated rings. The highest BCUT2D eigenvalue weighted by Gasteiger charge is 2.43. The SMILES string of the molecule is Cc1nc(N2CCC3(CCCC3N)CC2)c(C(=O)NO)nc1-c1cccc(Cl)c1Cl. The van der Waals surface area contributed by atoms with Crippen LogP contribution in [0.1, 0.15) is 48.3 Å². The minimum absolute atomic E-state index is 0.0563. The lowest BCUT2D eigenvalue weighted by atomic mass is 9.74. The van der Waals surface area contributed by atoms with E-state index in [2.05, 4.69) is 9.88 Å². The first kappa shape index (κ1) is 21.3. The summed E-state index contributed by atoms with van der Waals surface area (Å²) in [5.74, 6) is -0.253. The zero-order valence-corrected chi connectivity index (χ0v) is 18.3. The second-order valence-corrected chi connectivity index (χ2v) is 9.01. The first-order valence-electron chi connectivity index (χ1n) is 10.1. The molecule has 1 aromatic heterocycles. The summed E-state index contributed by atoms with van der Waals surface area (Å²) in [7, 11) is 0. The summed E-state index contributed by atoms with van der Waals surface area (Å²) >= 11 is 12.5. The Balaban J connectivity index is 1.71. The van der Waals surface area contributed by atoms with Crippen molar-refractivity contribution in [2.75, 3.05) is 18.0 Å². The highest BCUT2D eigenvalue weighted by Crippen LogP contribution is 2.46. The van der Waals surface area contributed by atoms with Crippen LogP contribution in [0.3, 0.4) is 0 Å². The van der Waals surface area contributed by atoms with E-state index in [-0.39, 0.29) is 17.2 Å². The Hall–Kier alpha value is -1.93. The van der Waals surface area contributed by atoms with Crippen LogP contribution in [0, 0.1) is 12.3 Å². The Kier molecular flexibility index (Phi) is 5.90. The van der Waals surface area contributed by atoms with Crippen molar-refractivity contribution in [2.45, 2.75) is 45.1 Å². The summed E-state index contributed by atoms with van der Waals surface area (Å²) in [5.41, 5.74) is 10.00. The number of piperidine rings is 1. The Morgan fingerprint density at radius 1 is 1.27 bits per heavy atom. The molecule has 4 rings (SSSR count). The number of nitrogens with one attached hydrogen (secondary N) is 1. The third kappa shape index (κ3) is 3.64. The van der Waals surface area contributed by atoms with Crippen LogP contribution in [0.4, 0.5) is 5.82 Å². The van der Waals surface area contributed by atoms with Crippen LogP contribution in [0.25, 0.3) is 11.3 Å². The van der Waals surface area contributed by atoms with E-state index in [1.54, 1.807) is 23.7 Å². The number of amides is 1. The van der Waals surface area contributed by atoms with Crippen molar-refractivity contribution in [1.82, 2.24) is 15.4 Å². The molecule has 1 spiro atoms. The predicted octanol–water partition coefficient (Wildman–Crippen LogP) is 3.98. The van der Waals surface area contributed by atoms with E-state index in [0.29, 0.717) is 32.8 Å². The van der Waals surface area contributed by atoms with Crippen LogP contribution < -0.4 is 16.1 Å². The number of carbonyl (C=O) groups excluding carboxylic acids is 1. The molecule has 4 N–H and O–H groups in total. The van der Waals surface area contributed by atoms with Gasteiger partial charge in [0.25, 0.3) is 5.91 Å². The summed E-state index contributed by atoms with van der Waals surface area (Å²) in [6, 6.07) is 5.46. The number of rotatable bonds is 3. The lowest BCUT2D eigenvalue weighted by molar-refractivity contribution is 0.0700. The fourth-order valence-corrected chi connectivity index (χ4v) is 5.22. The summed E-state index contributed by atoms with van der Waals surface area (Å²) in [5, 5.41) is 10.0. The summed E-state index contributed by atoms with van der Waals surface area (Å²) < 4.78 is 0. The number of hydrogen-bond donors (Lipinski definition) is 3. The maximum Gasteiger partial charge on any atom is 0.297 e. The number of aromatic nitrogens is 2. The quantitative estimate of drug-likeness (QED) is 0.483. The normalized spacial score (nSPS) is 20.6. The van der Waals surface area contributed by atoms with Gasteiger partial charge in [-0.1, -0.05) is 41.8 Å². The number of hydroxylamine groups is 1. The number of benzene rings is 1. The van der Waals surface area contributed by atoms with Crippen LogP contribution in [-0.4, -0.2) is 40.2 Å². The van der Waals surface area contributed by atoms with E-state index in [9.17, 15) is 10.0 Å². The minimum atomic E-state index is -0.713. The molecule has 0 radical (unpaired) electrons. The molecule has 2 aromatic rings. The molecule has 2 aliphatic rings. The molecule has 7 nitrogen and oxygen atoms in total. The predicted molar refractivity (Wildman–Crippen MR) is 117 cm³/mol. The largest absolute Gasteiger partial charge is 0.355 e. The van der Waals surface area contributed by atoms with Crippen LogP contribution in [0.5, 0.6) is 0 Å². The molecule has 160 valence electrons. The minimum Gasteiger partial charge on any atom is -0.355 e. The van der Waals surface area contributed by atoms with Crippen LogP contribution in [0.2, 0.25) is 10.0 Å². The van der Waals surface area contributed by atoms with Gasteiger partial charge in [-0.25, -0.2) is 15.4 Å². The Bertz CT molecular complexity index is 976. The van der Waals surface area contributed by atoms with Gasteiger partial charge in [-0.05, 0) is 44.1 Å². The van der Waals surface area contributed by atoms with Gasteiger partial charge in [0.2, 0.25) is 0 Å². The number of hydrogen-bond acceptors (Lipinski definition) is 6. The van der Waals surface area contributed by atoms with Crippen molar-refractivity contribution < 1.29 is 10.0 Å². The molecule has 1 saturated carbocycles. The van der Waals surface area contributed by atoms with E-state index in [1.165, 1.54) is 6.42 Å². The number of aryl methyl sites for hydroxylation is 1. The molecule has 30 heavy (non-hydrogen) atoms. The molecule has 9 heteroatoms. The molecular formula is C21H25Cl2N5O2. The average Bonchev–Trinajstić information content (AvgIpc) is 3.10. The van der Waals surface area contributed by atoms with Gasteiger partial charge in [-0.3, -0.25) is 10.0 Å². The second-order valence-electron chi connectivity index (χ2n) is 8.22. The fourth-order valence-electron chi connectivity index (χ4n) is 4.83. The molecular weight excluding hydrogens is 425 g/mol. The number of nitrogens with two attached hydrogens (primary N) is 1. The lowest BCUT2D eigenvalue weighted by Crippen LogP contribution is -2.47. The van der Waals surface area contributed by atoms with Crippen molar-refractivity contribution in [2.24, 2.45) is 11.1 Å². The highest BCUT2D eigenvalue weighted by atomic mass is 35.5. The molecule has 1 aliphatic carbocycles. The first-order chi connectivity index (χ1) is 14.4. The van der Waals surface area contributed by atoms with Crippen LogP contribution >= 0.6 is 23.2 Å². The van der Waals surface area contributed by atoms with E-state index in [1.807, 2.05) is 6.92 Å². The molecule has 1 aromatic carbocycles. The van der Waals surface area contributed by atoms with E-state index in [4.69, 9.17) is 33.9 Å². The van der Waals surface area contributed by atoms with Crippen molar-refractivity contribution in [1.29, 1.82) is 0 Å². The molecule has 1 unspecified atom stereocenters. The van der Waals surface area contributed by atoms with E-state index in [0.717, 1.165) is 38.8 Å². The zero-order chi connectivity index (χ0) is 21.5. The number of nitrogens with zero attached hydrogens (tertiary/aromatic N) is 3. The smallest absolute Gasteiger partial charge is 0.297 e. The standard InChI is InChI=1S/C21H25Cl2N5O2/c1-12-17(13-4-2-5-14(22)16(13)23)26-18(20(29)27-30)19(25-12)28-10-8-21(9-11-28)7-3-6-15(21)24/h2,4-5,15,30H,3,6-11,24H2,1H3,(H,27,29). The molecule has 1 amide bonds. The van der Waals surface area contributed by atoms with Gasteiger partial charge < -0.3 is 10.6 Å². The third-order valence-corrected chi connectivity index (χ3v) is 7.43. The van der Waals surface area contributed by atoms with E-state index >= 15 is 0 Å². The van der Waals surface area contributed by atoms with Gasteiger partial charge in [0.15, 0.2) is 11.5 Å². The van der Waals surface area contributed by atoms with Crippen molar-refractivity contribution in [3.63, 3.8) is 0 Å². The first-order valence-corrected chi connectivity index (χ1v) is 10.9. The van der Waals surface area contributed by atoms with Gasteiger partial charge in [-0.2, -0.15) is 0 Å². The Morgan fingerprint density at radius 2 is 2.00 bits per heavy atom. The second kappa shape index (κ2) is 8.30. The third-order valence-electron chi connectivity index (χ3n) is 6.61. The molecule has 1 aliphatic heterocycles. The van der Waals surface area contributed by atoms with Crippen molar-refractivity contribution in [3.8, 4) is 11.3 Å². The maximum absolute atomic E-state index is 12.5. The monoisotopic (exact) mass is 449 g/mol. The molecule has 2 heterocycles. The van der Waals surface area contributed by atoms with Gasteiger partial charge in [0, 0.05) is 24.7 Å². The molecule has 1 atom stereocenters. The Labute approximate surface area is 185 Å². The van der Waals surface area contributed by atoms with Gasteiger partial charge in [0.05, 0.1) is 21.4 Å². The summed E-state index contributed by atoms with van der Waals surface area (Å²) in [6.45, 7) is 3.30. The fraction of sp³-hybridized carbons (Fsp3) is 0.476. The summed E-state index contributed by atoms with van der Waals surface area (Å²) in [6.07, 6.45) is 5.32. The topological polar surface area (TPSA) is 104 Å². The van der Waals surface area contributed by atoms with Crippen LogP contribution in [0.15, 0.2) is 18.2 Å². The number of anilines is 1. The summed E-state index contributed by atoms with van der Waals surface area (Å²) in [4.78, 5) is 23.8. The lowest BCUT2D eigenvalue weighted by Gasteiger charge is -2.42. The maximum atomic E-state index is 12.5. The number of halogens is 2. The number of carbonyl (C=O) groups is 1. The Morgan fingerprint density at radius 3 is 2.63 bits per heavy atom. The van der Waals surface area contributed by atoms with Crippen LogP contribution in [-0.2, 0) is 0 Å². The van der Waals surface area contributed by atoms with Crippen molar-refractivity contribution >= 4 is 34.9 Å². The highest BCUT2D eigenvalue weighted by molar-refractivity contribution is 6.43. The molecule has 1 saturated heterocycles. The zero-order valence-electron chi connectivity index (χ0n) is 16.8.